The van der Waals surface area contributed by atoms with Gasteiger partial charge in [-0.25, -0.2) is 0 Å². The summed E-state index contributed by atoms with van der Waals surface area (Å²) in [5, 5.41) is 0. The normalized spacial score (nSPS) is 15.2. The van der Waals surface area contributed by atoms with Gasteiger partial charge in [-0.2, -0.15) is 0 Å². The zero-order chi connectivity index (χ0) is 61.1. The lowest BCUT2D eigenvalue weighted by molar-refractivity contribution is 1.62. The first-order valence-electron chi connectivity index (χ1n) is 28.5. The van der Waals surface area contributed by atoms with Crippen LogP contribution in [0.25, 0.3) is 12.2 Å². The highest BCUT2D eigenvalue weighted by Crippen LogP contribution is 2.08. The van der Waals surface area contributed by atoms with Crippen molar-refractivity contribution in [3.05, 3.63) is 510 Å². The molecule has 1 aromatic carbocycles. The van der Waals surface area contributed by atoms with Crippen LogP contribution in [0.15, 0.2) is 499 Å². The molecule has 0 aliphatic carbocycles. The second kappa shape index (κ2) is 66.3. The van der Waals surface area contributed by atoms with Crippen molar-refractivity contribution >= 4 is 12.2 Å². The lowest BCUT2D eigenvalue weighted by Gasteiger charge is -1.94. The molecule has 0 unspecified atom stereocenters. The molecule has 0 spiro atoms. The van der Waals surface area contributed by atoms with Gasteiger partial charge in [0.15, 0.2) is 0 Å². The molecule has 0 aromatic heterocycles. The molecule has 1 rings (SSSR count). The SMILES string of the molecule is C=C/C=C/C=C/C=C/C=C/C=C/C=C/C=C/C=C/C=C/C=C/C=C/C=C/C=C/C=C/C=C/C=C/C=C/C=C/C=C/c1ccc(/C=C/C=C/C=C/C=C/C=C/C=C/C=C/C=C/C=C/C=C/C=C/C=C/C=C/C=C/C=C/C=C/C=C/C=C/C=C/C=C)cc1. The van der Waals surface area contributed by atoms with Crippen LogP contribution in [0.5, 0.6) is 0 Å². The summed E-state index contributed by atoms with van der Waals surface area (Å²) >= 11 is 0. The molecular formula is C86H86. The minimum Gasteiger partial charge on any atom is -0.0991 e. The van der Waals surface area contributed by atoms with E-state index in [1.807, 2.05) is 450 Å². The van der Waals surface area contributed by atoms with Crippen molar-refractivity contribution in [3.8, 4) is 0 Å². The summed E-state index contributed by atoms with van der Waals surface area (Å²) in [6, 6.07) is 8.48. The van der Waals surface area contributed by atoms with Gasteiger partial charge in [-0.3, -0.25) is 0 Å². The van der Waals surface area contributed by atoms with Gasteiger partial charge >= 0.3 is 0 Å². The molecule has 0 nitrogen and oxygen atoms in total. The fourth-order valence-corrected chi connectivity index (χ4v) is 5.70. The zero-order valence-electron chi connectivity index (χ0n) is 49.8. The van der Waals surface area contributed by atoms with Crippen molar-refractivity contribution in [2.24, 2.45) is 0 Å². The van der Waals surface area contributed by atoms with E-state index >= 15 is 0 Å². The Balaban J connectivity index is 2.19. The molecule has 0 heteroatoms. The van der Waals surface area contributed by atoms with E-state index in [1.54, 1.807) is 12.2 Å². The molecule has 0 amide bonds. The molecule has 0 saturated carbocycles. The zero-order valence-corrected chi connectivity index (χ0v) is 49.8. The molecular weight excluding hydrogens is 1030 g/mol. The van der Waals surface area contributed by atoms with E-state index < -0.39 is 0 Å². The number of benzene rings is 1. The van der Waals surface area contributed by atoms with Crippen LogP contribution in [-0.2, 0) is 0 Å². The quantitative estimate of drug-likeness (QED) is 0.0575. The van der Waals surface area contributed by atoms with E-state index in [4.69, 9.17) is 0 Å². The number of allylic oxidation sites excluding steroid dienone is 76. The van der Waals surface area contributed by atoms with E-state index in [1.165, 1.54) is 0 Å². The van der Waals surface area contributed by atoms with Gasteiger partial charge in [0.1, 0.15) is 0 Å². The molecule has 0 N–H and O–H groups in total. The molecule has 0 saturated heterocycles. The summed E-state index contributed by atoms with van der Waals surface area (Å²) in [4.78, 5) is 0. The summed E-state index contributed by atoms with van der Waals surface area (Å²) < 4.78 is 0. The Morgan fingerprint density at radius 1 is 0.116 bits per heavy atom. The minimum absolute atomic E-state index is 1.15. The summed E-state index contributed by atoms with van der Waals surface area (Å²) in [5.41, 5.74) is 2.30. The first kappa shape index (κ1) is 72.8. The minimum atomic E-state index is 1.15. The van der Waals surface area contributed by atoms with Crippen molar-refractivity contribution in [3.63, 3.8) is 0 Å². The Kier molecular flexibility index (Phi) is 56.2. The predicted molar refractivity (Wildman–Crippen MR) is 394 cm³/mol. The van der Waals surface area contributed by atoms with Gasteiger partial charge in [0, 0.05) is 0 Å². The molecule has 86 heavy (non-hydrogen) atoms. The maximum atomic E-state index is 3.63. The van der Waals surface area contributed by atoms with E-state index in [2.05, 4.69) is 49.6 Å². The largest absolute Gasteiger partial charge is 0.0991 e. The van der Waals surface area contributed by atoms with Crippen molar-refractivity contribution in [1.29, 1.82) is 0 Å². The van der Waals surface area contributed by atoms with E-state index in [0.29, 0.717) is 0 Å². The monoisotopic (exact) mass is 1120 g/mol. The first-order valence-corrected chi connectivity index (χ1v) is 28.5. The second-order valence-corrected chi connectivity index (χ2v) is 16.7. The van der Waals surface area contributed by atoms with Crippen molar-refractivity contribution in [2.45, 2.75) is 0 Å². The summed E-state index contributed by atoms with van der Waals surface area (Å²) in [6.07, 6.45) is 155. The first-order chi connectivity index (χ1) is 42.9. The van der Waals surface area contributed by atoms with Crippen LogP contribution in [0, 0.1) is 0 Å². The molecule has 1 aromatic rings. The Morgan fingerprint density at radius 2 is 0.198 bits per heavy atom. The highest BCUT2D eigenvalue weighted by Gasteiger charge is 1.87. The van der Waals surface area contributed by atoms with Crippen LogP contribution in [0.2, 0.25) is 0 Å². The predicted octanol–water partition coefficient (Wildman–Crippen LogP) is 24.1. The van der Waals surface area contributed by atoms with Gasteiger partial charge in [0.25, 0.3) is 0 Å². The average Bonchev–Trinajstić information content (AvgIpc) is 3.62. The van der Waals surface area contributed by atoms with Gasteiger partial charge in [0.2, 0.25) is 0 Å². The number of hydrogen-bond donors (Lipinski definition) is 0. The fraction of sp³-hybridized carbons (Fsp3) is 0. The maximum absolute atomic E-state index is 3.63. The van der Waals surface area contributed by atoms with Crippen molar-refractivity contribution in [2.75, 3.05) is 0 Å². The number of hydrogen-bond acceptors (Lipinski definition) is 0. The highest BCUT2D eigenvalue weighted by molar-refractivity contribution is 5.57. The van der Waals surface area contributed by atoms with Crippen LogP contribution in [0.3, 0.4) is 0 Å². The molecule has 0 radical (unpaired) electrons. The van der Waals surface area contributed by atoms with Gasteiger partial charge < -0.3 is 0 Å². The fourth-order valence-electron chi connectivity index (χ4n) is 5.70. The van der Waals surface area contributed by atoms with Crippen LogP contribution in [-0.4, -0.2) is 0 Å². The average molecular weight is 1120 g/mol. The van der Waals surface area contributed by atoms with Crippen molar-refractivity contribution in [1.82, 2.24) is 0 Å². The van der Waals surface area contributed by atoms with E-state index in [-0.39, 0.29) is 0 Å². The summed E-state index contributed by atoms with van der Waals surface area (Å²) in [6.45, 7) is 7.27. The smallest absolute Gasteiger partial charge is 0.0256 e. The van der Waals surface area contributed by atoms with Gasteiger partial charge in [-0.05, 0) is 11.1 Å². The highest BCUT2D eigenvalue weighted by atomic mass is 13.9. The molecule has 0 bridgehead atoms. The van der Waals surface area contributed by atoms with E-state index in [0.717, 1.165) is 11.1 Å². The Labute approximate surface area is 519 Å². The lowest BCUT2D eigenvalue weighted by atomic mass is 10.1. The molecule has 0 heterocycles. The number of rotatable bonds is 40. The van der Waals surface area contributed by atoms with Crippen molar-refractivity contribution < 1.29 is 0 Å². The van der Waals surface area contributed by atoms with Crippen LogP contribution >= 0.6 is 0 Å². The van der Waals surface area contributed by atoms with Gasteiger partial charge in [-0.1, -0.05) is 511 Å². The topological polar surface area (TPSA) is 0 Å². The van der Waals surface area contributed by atoms with Crippen LogP contribution in [0.4, 0.5) is 0 Å². The molecule has 0 atom stereocenters. The molecule has 0 aliphatic rings. The summed E-state index contributed by atoms with van der Waals surface area (Å²) in [5.74, 6) is 0. The Hall–Kier alpha value is -11.2. The second-order valence-electron chi connectivity index (χ2n) is 16.7. The molecule has 0 aliphatic heterocycles. The Morgan fingerprint density at radius 3 is 0.291 bits per heavy atom. The third-order valence-electron chi connectivity index (χ3n) is 9.79. The lowest BCUT2D eigenvalue weighted by Crippen LogP contribution is -1.73. The van der Waals surface area contributed by atoms with Gasteiger partial charge in [-0.15, -0.1) is 0 Å². The third-order valence-corrected chi connectivity index (χ3v) is 9.79. The van der Waals surface area contributed by atoms with Crippen LogP contribution < -0.4 is 0 Å². The standard InChI is InChI=1S/C86H86/c1-3-5-7-9-11-13-15-17-19-21-23-25-27-29-31-33-35-37-39-41-43-45-47-49-51-53-55-57-59-61-63-65-67-69-71-73-75-77-79-85-81-83-86(84-82-85)80-78-76-74-72-70-68-66-64-62-60-58-56-54-52-50-48-46-44-42-40-38-36-34-32-30-28-26-24-22-20-18-16-14-12-10-8-6-4-2/h3-84H,1-2H2/b7-5+,8-6+,11-9+,12-10+,15-13+,16-14+,19-17+,20-18+,23-21+,24-22+,27-25+,28-26+,31-29+,32-30+,35-33+,36-34+,39-37+,40-38+,43-41+,44-42+,47-45+,48-46+,51-49+,52-50+,55-53+,56-54+,59-57+,60-58+,63-61+,64-62+,67-65+,68-66+,71-69+,72-70+,75-73+,76-74+,79-77+,80-78+. The van der Waals surface area contributed by atoms with Gasteiger partial charge in [0.05, 0.1) is 0 Å². The Bertz CT molecular complexity index is 2980. The van der Waals surface area contributed by atoms with Crippen LogP contribution in [0.1, 0.15) is 11.1 Å². The summed E-state index contributed by atoms with van der Waals surface area (Å²) in [7, 11) is 0. The molecule has 430 valence electrons. The molecule has 0 fully saturated rings. The van der Waals surface area contributed by atoms with E-state index in [9.17, 15) is 0 Å². The third kappa shape index (κ3) is 60.5. The maximum Gasteiger partial charge on any atom is -0.0256 e.